The van der Waals surface area contributed by atoms with E-state index in [9.17, 15) is 4.79 Å². The average Bonchev–Trinajstić information content (AvgIpc) is 3.36. The average molecular weight is 374 g/mol. The van der Waals surface area contributed by atoms with Crippen molar-refractivity contribution in [1.29, 1.82) is 0 Å². The fourth-order valence-corrected chi connectivity index (χ4v) is 4.76. The Bertz CT molecular complexity index is 787. The van der Waals surface area contributed by atoms with Crippen LogP contribution in [0, 0.1) is 17.8 Å². The van der Waals surface area contributed by atoms with Gasteiger partial charge in [0, 0.05) is 11.1 Å². The van der Waals surface area contributed by atoms with Crippen molar-refractivity contribution in [2.75, 3.05) is 0 Å². The Labute approximate surface area is 158 Å². The number of hydrogen-bond acceptors (Lipinski definition) is 3. The quantitative estimate of drug-likeness (QED) is 0.769. The monoisotopic (exact) mass is 373 g/mol. The van der Waals surface area contributed by atoms with Crippen LogP contribution in [0.2, 0.25) is 5.02 Å². The first-order valence-corrected chi connectivity index (χ1v) is 9.74. The summed E-state index contributed by atoms with van der Waals surface area (Å²) in [6.45, 7) is 2.38. The molecule has 2 saturated carbocycles. The van der Waals surface area contributed by atoms with Crippen LogP contribution in [-0.4, -0.2) is 11.9 Å². The lowest BCUT2D eigenvalue weighted by molar-refractivity contribution is 0.0883. The van der Waals surface area contributed by atoms with Gasteiger partial charge in [0.15, 0.2) is 5.76 Å². The zero-order valence-corrected chi connectivity index (χ0v) is 15.7. The summed E-state index contributed by atoms with van der Waals surface area (Å²) in [6.07, 6.45) is 5.29. The van der Waals surface area contributed by atoms with Crippen LogP contribution in [0.15, 0.2) is 40.8 Å². The summed E-state index contributed by atoms with van der Waals surface area (Å²) in [7, 11) is 0. The molecule has 5 heteroatoms. The molecule has 2 fully saturated rings. The molecule has 1 amide bonds. The van der Waals surface area contributed by atoms with E-state index in [-0.39, 0.29) is 18.6 Å². The molecule has 4 unspecified atom stereocenters. The van der Waals surface area contributed by atoms with E-state index in [1.54, 1.807) is 24.3 Å². The molecular formula is C21H24ClNO3. The maximum absolute atomic E-state index is 12.5. The van der Waals surface area contributed by atoms with Gasteiger partial charge in [0.1, 0.15) is 18.1 Å². The second kappa shape index (κ2) is 7.36. The van der Waals surface area contributed by atoms with Crippen molar-refractivity contribution in [2.45, 2.75) is 45.3 Å². The van der Waals surface area contributed by atoms with Crippen LogP contribution in [0.5, 0.6) is 5.75 Å². The van der Waals surface area contributed by atoms with E-state index in [4.69, 9.17) is 20.8 Å². The summed E-state index contributed by atoms with van der Waals surface area (Å²) in [6, 6.07) is 10.9. The number of furan rings is 1. The van der Waals surface area contributed by atoms with Gasteiger partial charge in [-0.15, -0.1) is 0 Å². The molecule has 26 heavy (non-hydrogen) atoms. The van der Waals surface area contributed by atoms with Crippen molar-refractivity contribution in [1.82, 2.24) is 5.32 Å². The van der Waals surface area contributed by atoms with Gasteiger partial charge in [0.05, 0.1) is 0 Å². The highest BCUT2D eigenvalue weighted by Crippen LogP contribution is 2.49. The number of hydrogen-bond donors (Lipinski definition) is 1. The van der Waals surface area contributed by atoms with E-state index >= 15 is 0 Å². The van der Waals surface area contributed by atoms with Gasteiger partial charge in [0.25, 0.3) is 5.91 Å². The molecule has 4 nitrogen and oxygen atoms in total. The van der Waals surface area contributed by atoms with Crippen LogP contribution >= 0.6 is 11.6 Å². The summed E-state index contributed by atoms with van der Waals surface area (Å²) in [5, 5.41) is 3.75. The fraction of sp³-hybridized carbons (Fsp3) is 0.476. The number of carbonyl (C=O) groups excluding carboxylic acids is 1. The van der Waals surface area contributed by atoms with Crippen molar-refractivity contribution in [3.05, 3.63) is 52.9 Å². The highest BCUT2D eigenvalue weighted by molar-refractivity contribution is 6.30. The lowest BCUT2D eigenvalue weighted by Crippen LogP contribution is -2.40. The molecule has 1 aromatic heterocycles. The molecule has 0 radical (unpaired) electrons. The number of amides is 1. The standard InChI is InChI=1S/C21H24ClNO3/c1-13(19-10-14-5-6-15(19)9-14)23-21(24)20-8-7-18(26-20)12-25-17-4-2-3-16(22)11-17/h2-4,7-8,11,13-15,19H,5-6,9-10,12H2,1H3,(H,23,24). The Hall–Kier alpha value is -1.94. The minimum atomic E-state index is -0.144. The van der Waals surface area contributed by atoms with Crippen molar-refractivity contribution >= 4 is 17.5 Å². The van der Waals surface area contributed by atoms with E-state index in [1.165, 1.54) is 25.7 Å². The van der Waals surface area contributed by atoms with Crippen molar-refractivity contribution in [3.8, 4) is 5.75 Å². The number of rotatable bonds is 6. The number of halogens is 1. The second-order valence-electron chi connectivity index (χ2n) is 7.61. The van der Waals surface area contributed by atoms with Crippen LogP contribution in [0.25, 0.3) is 0 Å². The number of nitrogens with one attached hydrogen (secondary N) is 1. The van der Waals surface area contributed by atoms with E-state index in [2.05, 4.69) is 12.2 Å². The third-order valence-corrected chi connectivity index (χ3v) is 6.09. The molecule has 4 rings (SSSR count). The number of carbonyl (C=O) groups is 1. The Morgan fingerprint density at radius 2 is 2.19 bits per heavy atom. The normalized spacial score (nSPS) is 25.2. The zero-order valence-electron chi connectivity index (χ0n) is 14.9. The Morgan fingerprint density at radius 1 is 1.31 bits per heavy atom. The Balaban J connectivity index is 1.31. The molecule has 0 aliphatic heterocycles. The first kappa shape index (κ1) is 17.5. The molecule has 2 aliphatic carbocycles. The van der Waals surface area contributed by atoms with Gasteiger partial charge < -0.3 is 14.5 Å². The Kier molecular flexibility index (Phi) is 4.94. The van der Waals surface area contributed by atoms with Crippen LogP contribution in [-0.2, 0) is 6.61 Å². The highest BCUT2D eigenvalue weighted by atomic mass is 35.5. The molecule has 4 atom stereocenters. The number of fused-ring (bicyclic) bond motifs is 2. The number of ether oxygens (including phenoxy) is 1. The van der Waals surface area contributed by atoms with Crippen molar-refractivity contribution < 1.29 is 13.9 Å². The van der Waals surface area contributed by atoms with Gasteiger partial charge in [-0.1, -0.05) is 24.1 Å². The smallest absolute Gasteiger partial charge is 0.287 e. The molecule has 0 spiro atoms. The van der Waals surface area contributed by atoms with Gasteiger partial charge in [-0.05, 0) is 74.3 Å². The van der Waals surface area contributed by atoms with E-state index < -0.39 is 0 Å². The summed E-state index contributed by atoms with van der Waals surface area (Å²) in [5.41, 5.74) is 0. The largest absolute Gasteiger partial charge is 0.486 e. The Morgan fingerprint density at radius 3 is 2.92 bits per heavy atom. The number of benzene rings is 1. The van der Waals surface area contributed by atoms with E-state index in [0.717, 1.165) is 11.8 Å². The molecule has 1 N–H and O–H groups in total. The van der Waals surface area contributed by atoms with Crippen molar-refractivity contribution in [3.63, 3.8) is 0 Å². The zero-order chi connectivity index (χ0) is 18.1. The molecule has 2 bridgehead atoms. The molecule has 1 heterocycles. The van der Waals surface area contributed by atoms with Crippen LogP contribution < -0.4 is 10.1 Å². The minimum absolute atomic E-state index is 0.144. The van der Waals surface area contributed by atoms with Gasteiger partial charge >= 0.3 is 0 Å². The van der Waals surface area contributed by atoms with E-state index in [0.29, 0.717) is 28.2 Å². The maximum Gasteiger partial charge on any atom is 0.287 e. The predicted octanol–water partition coefficient (Wildman–Crippen LogP) is 5.07. The molecule has 1 aromatic carbocycles. The lowest BCUT2D eigenvalue weighted by Gasteiger charge is -2.28. The second-order valence-corrected chi connectivity index (χ2v) is 8.05. The first-order valence-electron chi connectivity index (χ1n) is 9.36. The molecule has 138 valence electrons. The summed E-state index contributed by atoms with van der Waals surface area (Å²) < 4.78 is 11.3. The molecule has 0 saturated heterocycles. The van der Waals surface area contributed by atoms with Crippen LogP contribution in [0.1, 0.15) is 48.9 Å². The third-order valence-electron chi connectivity index (χ3n) is 5.86. The van der Waals surface area contributed by atoms with E-state index in [1.807, 2.05) is 12.1 Å². The lowest BCUT2D eigenvalue weighted by atomic mass is 9.84. The van der Waals surface area contributed by atoms with Crippen molar-refractivity contribution in [2.24, 2.45) is 17.8 Å². The highest BCUT2D eigenvalue weighted by Gasteiger charge is 2.42. The molecular weight excluding hydrogens is 350 g/mol. The predicted molar refractivity (Wildman–Crippen MR) is 100 cm³/mol. The molecule has 2 aromatic rings. The van der Waals surface area contributed by atoms with Crippen LogP contribution in [0.3, 0.4) is 0 Å². The first-order chi connectivity index (χ1) is 12.6. The van der Waals surface area contributed by atoms with Gasteiger partial charge in [-0.3, -0.25) is 4.79 Å². The van der Waals surface area contributed by atoms with Gasteiger partial charge in [-0.2, -0.15) is 0 Å². The third kappa shape index (κ3) is 3.75. The van der Waals surface area contributed by atoms with Crippen LogP contribution in [0.4, 0.5) is 0 Å². The maximum atomic E-state index is 12.5. The minimum Gasteiger partial charge on any atom is -0.486 e. The van der Waals surface area contributed by atoms with Gasteiger partial charge in [-0.25, -0.2) is 0 Å². The fourth-order valence-electron chi connectivity index (χ4n) is 4.58. The topological polar surface area (TPSA) is 51.5 Å². The van der Waals surface area contributed by atoms with Gasteiger partial charge in [0.2, 0.25) is 0 Å². The summed E-state index contributed by atoms with van der Waals surface area (Å²) in [5.74, 6) is 3.75. The summed E-state index contributed by atoms with van der Waals surface area (Å²) in [4.78, 5) is 12.5. The SMILES string of the molecule is CC(NC(=O)c1ccc(COc2cccc(Cl)c2)o1)C1CC2CCC1C2. The molecule has 2 aliphatic rings. The summed E-state index contributed by atoms with van der Waals surface area (Å²) >= 11 is 5.94.